The quantitative estimate of drug-likeness (QED) is 0.0934. The molecule has 1 aromatic heterocycles. The molecule has 0 aliphatic carbocycles. The summed E-state index contributed by atoms with van der Waals surface area (Å²) in [6, 6.07) is 16.5. The molecular weight excluding hydrogens is 460 g/mol. The minimum Gasteiger partial charge on any atom is -0.491 e. The van der Waals surface area contributed by atoms with Gasteiger partial charge in [0.1, 0.15) is 18.5 Å². The standard InChI is InChI=1S/C20H24N6O3.C2H2O4/c1-13(22-11-14(27)12-29-15-7-3-2-4-8-15)23-20(28)18-16-9-5-6-10-17(16)19(24-21)26-25-18;3-1(4)2(5)6/h2-10,13-14,22,27H,11-12,21H2,1H3,(H,23,28)(H,24,26);(H,3,4)(H,5,6). The Kier molecular flexibility index (Phi) is 10.3. The van der Waals surface area contributed by atoms with Gasteiger partial charge in [-0.05, 0) is 19.1 Å². The number of para-hydroxylation sites is 1. The number of hydrogen-bond acceptors (Lipinski definition) is 10. The van der Waals surface area contributed by atoms with Crippen molar-refractivity contribution in [3.05, 3.63) is 60.3 Å². The summed E-state index contributed by atoms with van der Waals surface area (Å²) in [5, 5.41) is 40.0. The number of aromatic nitrogens is 2. The fourth-order valence-corrected chi connectivity index (χ4v) is 2.78. The molecular formula is C22H26N6O7. The molecule has 0 spiro atoms. The van der Waals surface area contributed by atoms with Crippen LogP contribution in [0.4, 0.5) is 5.82 Å². The summed E-state index contributed by atoms with van der Waals surface area (Å²) in [5.41, 5.74) is 2.67. The fourth-order valence-electron chi connectivity index (χ4n) is 2.78. The van der Waals surface area contributed by atoms with E-state index in [0.717, 1.165) is 0 Å². The first-order valence-electron chi connectivity index (χ1n) is 10.3. The minimum atomic E-state index is -1.82. The minimum absolute atomic E-state index is 0.140. The lowest BCUT2D eigenvalue weighted by atomic mass is 10.1. The Morgan fingerprint density at radius 1 is 0.971 bits per heavy atom. The van der Waals surface area contributed by atoms with Crippen LogP contribution in [0.1, 0.15) is 17.4 Å². The van der Waals surface area contributed by atoms with Crippen molar-refractivity contribution in [2.75, 3.05) is 18.6 Å². The van der Waals surface area contributed by atoms with Crippen LogP contribution in [0.5, 0.6) is 5.75 Å². The van der Waals surface area contributed by atoms with Crippen LogP contribution < -0.4 is 26.6 Å². The van der Waals surface area contributed by atoms with Crippen LogP contribution in [0.2, 0.25) is 0 Å². The molecule has 2 unspecified atom stereocenters. The van der Waals surface area contributed by atoms with Crippen LogP contribution in [0.25, 0.3) is 10.8 Å². The van der Waals surface area contributed by atoms with Crippen LogP contribution in [0, 0.1) is 0 Å². The van der Waals surface area contributed by atoms with E-state index >= 15 is 0 Å². The number of nitrogens with one attached hydrogen (secondary N) is 3. The second kappa shape index (κ2) is 13.4. The van der Waals surface area contributed by atoms with Crippen LogP contribution >= 0.6 is 0 Å². The smallest absolute Gasteiger partial charge is 0.414 e. The number of nitrogens with two attached hydrogens (primary N) is 1. The highest BCUT2D eigenvalue weighted by Gasteiger charge is 2.17. The Morgan fingerprint density at radius 3 is 2.17 bits per heavy atom. The topological polar surface area (TPSA) is 209 Å². The van der Waals surface area contributed by atoms with Gasteiger partial charge in [0, 0.05) is 17.3 Å². The summed E-state index contributed by atoms with van der Waals surface area (Å²) in [6.07, 6.45) is -1.13. The van der Waals surface area contributed by atoms with Crippen molar-refractivity contribution in [1.29, 1.82) is 0 Å². The summed E-state index contributed by atoms with van der Waals surface area (Å²) >= 11 is 0. The van der Waals surface area contributed by atoms with E-state index < -0.39 is 24.2 Å². The number of nitrogen functional groups attached to an aromatic ring is 1. The zero-order chi connectivity index (χ0) is 25.8. The molecule has 186 valence electrons. The van der Waals surface area contributed by atoms with Gasteiger partial charge in [-0.2, -0.15) is 0 Å². The summed E-state index contributed by atoms with van der Waals surface area (Å²) in [6.45, 7) is 2.16. The van der Waals surface area contributed by atoms with Gasteiger partial charge in [0.25, 0.3) is 5.91 Å². The molecule has 1 amide bonds. The molecule has 0 fully saturated rings. The number of amides is 1. The molecule has 3 aromatic rings. The third-order valence-electron chi connectivity index (χ3n) is 4.41. The van der Waals surface area contributed by atoms with Gasteiger partial charge < -0.3 is 30.8 Å². The predicted octanol–water partition coefficient (Wildman–Crippen LogP) is 0.176. The van der Waals surface area contributed by atoms with E-state index in [4.69, 9.17) is 30.4 Å². The average Bonchev–Trinajstić information content (AvgIpc) is 2.86. The first-order valence-corrected chi connectivity index (χ1v) is 10.3. The summed E-state index contributed by atoms with van der Waals surface area (Å²) < 4.78 is 5.51. The maximum atomic E-state index is 12.6. The number of carbonyl (C=O) groups excluding carboxylic acids is 1. The Bertz CT molecular complexity index is 1130. The van der Waals surface area contributed by atoms with Gasteiger partial charge in [-0.15, -0.1) is 10.2 Å². The summed E-state index contributed by atoms with van der Waals surface area (Å²) in [7, 11) is 0. The average molecular weight is 486 g/mol. The summed E-state index contributed by atoms with van der Waals surface area (Å²) in [5.74, 6) is 2.51. The molecule has 0 saturated heterocycles. The van der Waals surface area contributed by atoms with Crippen molar-refractivity contribution in [3.8, 4) is 5.75 Å². The van der Waals surface area contributed by atoms with E-state index in [9.17, 15) is 9.90 Å². The third-order valence-corrected chi connectivity index (χ3v) is 4.41. The monoisotopic (exact) mass is 486 g/mol. The van der Waals surface area contributed by atoms with Crippen molar-refractivity contribution < 1.29 is 34.4 Å². The molecule has 35 heavy (non-hydrogen) atoms. The zero-order valence-electron chi connectivity index (χ0n) is 18.7. The number of anilines is 1. The van der Waals surface area contributed by atoms with Gasteiger partial charge in [0.05, 0.1) is 6.17 Å². The lowest BCUT2D eigenvalue weighted by Crippen LogP contribution is -2.46. The van der Waals surface area contributed by atoms with Crippen molar-refractivity contribution in [2.24, 2.45) is 5.84 Å². The molecule has 0 saturated carbocycles. The Morgan fingerprint density at radius 2 is 1.57 bits per heavy atom. The zero-order valence-corrected chi connectivity index (χ0v) is 18.7. The molecule has 2 atom stereocenters. The molecule has 0 radical (unpaired) electrons. The highest BCUT2D eigenvalue weighted by atomic mass is 16.5. The Hall–Kier alpha value is -4.33. The van der Waals surface area contributed by atoms with Gasteiger partial charge in [-0.1, -0.05) is 42.5 Å². The number of fused-ring (bicyclic) bond motifs is 1. The van der Waals surface area contributed by atoms with Crippen LogP contribution in [-0.2, 0) is 9.59 Å². The number of carboxylic acid groups (broad SMARTS) is 2. The van der Waals surface area contributed by atoms with Gasteiger partial charge >= 0.3 is 11.9 Å². The maximum Gasteiger partial charge on any atom is 0.414 e. The highest BCUT2D eigenvalue weighted by Crippen LogP contribution is 2.22. The molecule has 2 aromatic carbocycles. The number of rotatable bonds is 9. The maximum absolute atomic E-state index is 12.6. The number of benzene rings is 2. The summed E-state index contributed by atoms with van der Waals surface area (Å²) in [4.78, 5) is 30.8. The van der Waals surface area contributed by atoms with Crippen molar-refractivity contribution >= 4 is 34.4 Å². The van der Waals surface area contributed by atoms with E-state index in [0.29, 0.717) is 22.3 Å². The molecule has 8 N–H and O–H groups in total. The lowest BCUT2D eigenvalue weighted by Gasteiger charge is -2.19. The molecule has 0 bridgehead atoms. The fraction of sp³-hybridized carbons (Fsp3) is 0.227. The van der Waals surface area contributed by atoms with Gasteiger partial charge in [0.15, 0.2) is 11.5 Å². The number of aliphatic hydroxyl groups is 1. The molecule has 13 nitrogen and oxygen atoms in total. The number of carbonyl (C=O) groups is 3. The van der Waals surface area contributed by atoms with Crippen LogP contribution in [0.3, 0.4) is 0 Å². The SMILES string of the molecule is CC(NCC(O)COc1ccccc1)NC(=O)c1nnc(NN)c2ccccc12.O=C(O)C(=O)O. The largest absolute Gasteiger partial charge is 0.491 e. The number of nitrogens with zero attached hydrogens (tertiary/aromatic N) is 2. The third kappa shape index (κ3) is 8.51. The predicted molar refractivity (Wildman–Crippen MR) is 125 cm³/mol. The van der Waals surface area contributed by atoms with Crippen LogP contribution in [-0.4, -0.2) is 68.8 Å². The second-order valence-electron chi connectivity index (χ2n) is 7.08. The molecule has 0 aliphatic rings. The number of aliphatic hydroxyl groups excluding tert-OH is 1. The first-order chi connectivity index (χ1) is 16.7. The Labute approximate surface area is 199 Å². The highest BCUT2D eigenvalue weighted by molar-refractivity contribution is 6.27. The van der Waals surface area contributed by atoms with Gasteiger partial charge in [-0.25, -0.2) is 15.4 Å². The number of hydrogen-bond donors (Lipinski definition) is 7. The van der Waals surface area contributed by atoms with Crippen LogP contribution in [0.15, 0.2) is 54.6 Å². The van der Waals surface area contributed by atoms with E-state index in [1.165, 1.54) is 0 Å². The number of hydrazine groups is 1. The second-order valence-corrected chi connectivity index (χ2v) is 7.08. The molecule has 13 heteroatoms. The van der Waals surface area contributed by atoms with Gasteiger partial charge in [-0.3, -0.25) is 10.1 Å². The lowest BCUT2D eigenvalue weighted by molar-refractivity contribution is -0.159. The number of ether oxygens (including phenoxy) is 1. The Balaban J connectivity index is 0.000000641. The van der Waals surface area contributed by atoms with E-state index in [2.05, 4.69) is 26.3 Å². The molecule has 3 rings (SSSR count). The van der Waals surface area contributed by atoms with E-state index in [1.807, 2.05) is 42.5 Å². The first kappa shape index (κ1) is 26.9. The van der Waals surface area contributed by atoms with Crippen molar-refractivity contribution in [3.63, 3.8) is 0 Å². The normalized spacial score (nSPS) is 12.0. The van der Waals surface area contributed by atoms with Crippen molar-refractivity contribution in [1.82, 2.24) is 20.8 Å². The molecule has 1 heterocycles. The number of carboxylic acids is 2. The van der Waals surface area contributed by atoms with Crippen molar-refractivity contribution in [2.45, 2.75) is 19.2 Å². The molecule has 0 aliphatic heterocycles. The number of aliphatic carboxylic acids is 2. The van der Waals surface area contributed by atoms with E-state index in [1.54, 1.807) is 19.1 Å². The van der Waals surface area contributed by atoms with E-state index in [-0.39, 0.29) is 24.8 Å². The van der Waals surface area contributed by atoms with Gasteiger partial charge in [0.2, 0.25) is 0 Å².